The van der Waals surface area contributed by atoms with Crippen molar-refractivity contribution in [1.29, 1.82) is 0 Å². The lowest BCUT2D eigenvalue weighted by atomic mass is 10.3. The van der Waals surface area contributed by atoms with E-state index in [1.165, 1.54) is 0 Å². The Balaban J connectivity index is 2.29. The van der Waals surface area contributed by atoms with E-state index in [1.807, 2.05) is 0 Å². The van der Waals surface area contributed by atoms with Crippen molar-refractivity contribution in [3.05, 3.63) is 0 Å². The molecule has 1 saturated carbocycles. The van der Waals surface area contributed by atoms with E-state index >= 15 is 0 Å². The number of nitrogens with one attached hydrogen (secondary N) is 1. The molecule has 1 fully saturated rings. The minimum atomic E-state index is -3.34. The highest BCUT2D eigenvalue weighted by molar-refractivity contribution is 7.89. The highest BCUT2D eigenvalue weighted by Crippen LogP contribution is 2.20. The monoisotopic (exact) mass is 255 g/mol. The Morgan fingerprint density at radius 3 is 2.60 bits per heavy atom. The van der Waals surface area contributed by atoms with Crippen LogP contribution in [-0.4, -0.2) is 26.2 Å². The summed E-state index contributed by atoms with van der Waals surface area (Å²) in [5.41, 5.74) is 0. The smallest absolute Gasteiger partial charge is 0.233 e. The molecule has 1 N–H and O–H groups in total. The van der Waals surface area contributed by atoms with Crippen LogP contribution in [0.25, 0.3) is 0 Å². The van der Waals surface area contributed by atoms with Gasteiger partial charge < -0.3 is 0 Å². The first kappa shape index (κ1) is 13.2. The molecule has 0 aromatic heterocycles. The maximum atomic E-state index is 11.5. The van der Waals surface area contributed by atoms with Crippen molar-refractivity contribution in [3.8, 4) is 0 Å². The third-order valence-corrected chi connectivity index (χ3v) is 4.30. The average Bonchev–Trinajstić information content (AvgIpc) is 2.66. The minimum Gasteiger partial charge on any atom is -0.284 e. The Bertz CT molecular complexity index is 275. The highest BCUT2D eigenvalue weighted by atomic mass is 35.5. The van der Waals surface area contributed by atoms with Crippen LogP contribution in [0.1, 0.15) is 32.6 Å². The van der Waals surface area contributed by atoms with Gasteiger partial charge in [0.15, 0.2) is 0 Å². The zero-order valence-electron chi connectivity index (χ0n) is 8.91. The van der Waals surface area contributed by atoms with Gasteiger partial charge in [0.05, 0.1) is 11.9 Å². The third kappa shape index (κ3) is 5.15. The van der Waals surface area contributed by atoms with E-state index in [0.29, 0.717) is 5.88 Å². The summed E-state index contributed by atoms with van der Waals surface area (Å²) in [6.07, 6.45) is 4.15. The molecule has 1 rings (SSSR count). The molecule has 0 aliphatic heterocycles. The zero-order chi connectivity index (χ0) is 11.3. The molecule has 4 nitrogen and oxygen atoms in total. The molecule has 1 aliphatic carbocycles. The van der Waals surface area contributed by atoms with E-state index in [4.69, 9.17) is 16.4 Å². The van der Waals surface area contributed by atoms with Crippen molar-refractivity contribution in [3.63, 3.8) is 0 Å². The van der Waals surface area contributed by atoms with Gasteiger partial charge in [-0.25, -0.2) is 8.42 Å². The Labute approximate surface area is 96.3 Å². The van der Waals surface area contributed by atoms with Gasteiger partial charge in [-0.05, 0) is 18.8 Å². The molecule has 90 valence electrons. The van der Waals surface area contributed by atoms with Gasteiger partial charge >= 0.3 is 0 Å². The van der Waals surface area contributed by atoms with Crippen LogP contribution in [-0.2, 0) is 14.9 Å². The second-order valence-electron chi connectivity index (χ2n) is 4.15. The first-order valence-corrected chi connectivity index (χ1v) is 7.43. The fourth-order valence-corrected chi connectivity index (χ4v) is 3.06. The van der Waals surface area contributed by atoms with Gasteiger partial charge in [-0.15, -0.1) is 11.6 Å². The van der Waals surface area contributed by atoms with Gasteiger partial charge in [0.25, 0.3) is 0 Å². The van der Waals surface area contributed by atoms with Crippen LogP contribution in [0.3, 0.4) is 0 Å². The lowest BCUT2D eigenvalue weighted by Crippen LogP contribution is -2.32. The van der Waals surface area contributed by atoms with Gasteiger partial charge in [0.2, 0.25) is 10.0 Å². The predicted molar refractivity (Wildman–Crippen MR) is 60.1 cm³/mol. The Kier molecular flexibility index (Phi) is 5.32. The van der Waals surface area contributed by atoms with Crippen molar-refractivity contribution < 1.29 is 13.3 Å². The van der Waals surface area contributed by atoms with Crippen molar-refractivity contribution in [2.24, 2.45) is 5.92 Å². The van der Waals surface area contributed by atoms with E-state index in [1.54, 1.807) is 6.92 Å². The molecule has 0 radical (unpaired) electrons. The van der Waals surface area contributed by atoms with Crippen LogP contribution < -0.4 is 4.89 Å². The second-order valence-corrected chi connectivity index (χ2v) is 6.19. The molecule has 0 spiro atoms. The Hall–Kier alpha value is 0.160. The molecule has 0 amide bonds. The maximum absolute atomic E-state index is 11.5. The van der Waals surface area contributed by atoms with Gasteiger partial charge in [0.1, 0.15) is 0 Å². The summed E-state index contributed by atoms with van der Waals surface area (Å²) in [5, 5.41) is 0. The molecule has 1 atom stereocenters. The topological polar surface area (TPSA) is 55.4 Å². The predicted octanol–water partition coefficient (Wildman–Crippen LogP) is 1.65. The molecule has 0 bridgehead atoms. The fraction of sp³-hybridized carbons (Fsp3) is 1.00. The molecular formula is C9H18ClNO3S. The quantitative estimate of drug-likeness (QED) is 0.580. The zero-order valence-corrected chi connectivity index (χ0v) is 10.5. The largest absolute Gasteiger partial charge is 0.284 e. The summed E-state index contributed by atoms with van der Waals surface area (Å²) >= 11 is 5.55. The number of hydrogen-bond acceptors (Lipinski definition) is 3. The van der Waals surface area contributed by atoms with Crippen LogP contribution in [0.4, 0.5) is 0 Å². The van der Waals surface area contributed by atoms with Crippen molar-refractivity contribution in [2.75, 3.05) is 11.6 Å². The molecule has 0 heterocycles. The van der Waals surface area contributed by atoms with Crippen molar-refractivity contribution in [1.82, 2.24) is 4.89 Å². The summed E-state index contributed by atoms with van der Waals surface area (Å²) in [7, 11) is -3.34. The lowest BCUT2D eigenvalue weighted by molar-refractivity contribution is 0.0222. The second kappa shape index (κ2) is 6.03. The van der Waals surface area contributed by atoms with E-state index < -0.39 is 10.0 Å². The van der Waals surface area contributed by atoms with Crippen molar-refractivity contribution in [2.45, 2.75) is 38.7 Å². The number of alkyl halides is 1. The molecule has 0 saturated heterocycles. The highest BCUT2D eigenvalue weighted by Gasteiger charge is 2.20. The number of halogens is 1. The number of hydrogen-bond donors (Lipinski definition) is 1. The first-order chi connectivity index (χ1) is 7.03. The SMILES string of the molecule is CC(CCl)CS(=O)(=O)NOC1CCCC1. The molecule has 0 aromatic rings. The average molecular weight is 256 g/mol. The van der Waals surface area contributed by atoms with Gasteiger partial charge in [-0.1, -0.05) is 24.7 Å². The van der Waals surface area contributed by atoms with Crippen molar-refractivity contribution >= 4 is 21.6 Å². The molecule has 1 unspecified atom stereocenters. The third-order valence-electron chi connectivity index (χ3n) is 2.41. The maximum Gasteiger partial charge on any atom is 0.233 e. The first-order valence-electron chi connectivity index (χ1n) is 5.24. The lowest BCUT2D eigenvalue weighted by Gasteiger charge is -2.13. The normalized spacial score (nSPS) is 20.7. The summed E-state index contributed by atoms with van der Waals surface area (Å²) in [5.74, 6) is 0.296. The standard InChI is InChI=1S/C9H18ClNO3S/c1-8(6-10)7-15(12,13)11-14-9-4-2-3-5-9/h8-9,11H,2-7H2,1H3. The van der Waals surface area contributed by atoms with E-state index in [9.17, 15) is 8.42 Å². The van der Waals surface area contributed by atoms with E-state index in [0.717, 1.165) is 25.7 Å². The molecular weight excluding hydrogens is 238 g/mol. The van der Waals surface area contributed by atoms with Gasteiger partial charge in [0, 0.05) is 5.88 Å². The Morgan fingerprint density at radius 1 is 1.47 bits per heavy atom. The number of sulfonamides is 1. The van der Waals surface area contributed by atoms with Crippen LogP contribution in [0.15, 0.2) is 0 Å². The van der Waals surface area contributed by atoms with Gasteiger partial charge in [-0.2, -0.15) is 0 Å². The number of rotatable bonds is 6. The van der Waals surface area contributed by atoms with E-state index in [-0.39, 0.29) is 17.8 Å². The van der Waals surface area contributed by atoms with Gasteiger partial charge in [-0.3, -0.25) is 4.84 Å². The van der Waals surface area contributed by atoms with Crippen LogP contribution in [0.5, 0.6) is 0 Å². The summed E-state index contributed by atoms with van der Waals surface area (Å²) in [6.45, 7) is 1.79. The fourth-order valence-electron chi connectivity index (χ4n) is 1.60. The summed E-state index contributed by atoms with van der Waals surface area (Å²) in [4.78, 5) is 7.31. The van der Waals surface area contributed by atoms with Crippen LogP contribution in [0.2, 0.25) is 0 Å². The van der Waals surface area contributed by atoms with Crippen LogP contribution in [0, 0.1) is 5.92 Å². The Morgan fingerprint density at radius 2 is 2.07 bits per heavy atom. The minimum absolute atomic E-state index is 0.0171. The molecule has 1 aliphatic rings. The molecule has 6 heteroatoms. The van der Waals surface area contributed by atoms with E-state index in [2.05, 4.69) is 4.89 Å². The van der Waals surface area contributed by atoms with Crippen LogP contribution >= 0.6 is 11.6 Å². The summed E-state index contributed by atoms with van der Waals surface area (Å²) < 4.78 is 22.9. The molecule has 15 heavy (non-hydrogen) atoms. The summed E-state index contributed by atoms with van der Waals surface area (Å²) in [6, 6.07) is 0. The molecule has 0 aromatic carbocycles.